The predicted molar refractivity (Wildman–Crippen MR) is 82.5 cm³/mol. The van der Waals surface area contributed by atoms with Gasteiger partial charge < -0.3 is 14.8 Å². The van der Waals surface area contributed by atoms with Crippen molar-refractivity contribution in [1.29, 1.82) is 0 Å². The van der Waals surface area contributed by atoms with Crippen molar-refractivity contribution in [1.82, 2.24) is 10.3 Å². The van der Waals surface area contributed by atoms with Crippen LogP contribution in [0, 0.1) is 0 Å². The number of carbonyl (C=O) groups excluding carboxylic acids is 1. The predicted octanol–water partition coefficient (Wildman–Crippen LogP) is 2.18. The van der Waals surface area contributed by atoms with Gasteiger partial charge in [-0.3, -0.25) is 9.78 Å². The Morgan fingerprint density at radius 3 is 2.86 bits per heavy atom. The van der Waals surface area contributed by atoms with Crippen molar-refractivity contribution < 1.29 is 14.3 Å². The van der Waals surface area contributed by atoms with Crippen LogP contribution in [-0.2, 0) is 11.3 Å². The van der Waals surface area contributed by atoms with Crippen molar-refractivity contribution in [2.45, 2.75) is 6.54 Å². The Hall–Kier alpha value is -2.82. The fourth-order valence-electron chi connectivity index (χ4n) is 2.07. The molecule has 3 rings (SSSR count). The van der Waals surface area contributed by atoms with E-state index in [9.17, 15) is 4.79 Å². The van der Waals surface area contributed by atoms with Gasteiger partial charge in [0.05, 0.1) is 12.2 Å². The Morgan fingerprint density at radius 1 is 1.18 bits per heavy atom. The fraction of sp³-hybridized carbons (Fsp3) is 0.176. The highest BCUT2D eigenvalue weighted by Gasteiger charge is 2.10. The topological polar surface area (TPSA) is 60.5 Å². The molecule has 0 unspecified atom stereocenters. The van der Waals surface area contributed by atoms with Crippen LogP contribution in [0.5, 0.6) is 11.5 Å². The van der Waals surface area contributed by atoms with Gasteiger partial charge in [-0.15, -0.1) is 0 Å². The van der Waals surface area contributed by atoms with Gasteiger partial charge in [0.2, 0.25) is 5.91 Å². The molecule has 0 fully saturated rings. The van der Waals surface area contributed by atoms with Gasteiger partial charge >= 0.3 is 0 Å². The molecule has 0 saturated heterocycles. The highest BCUT2D eigenvalue weighted by molar-refractivity contribution is 5.91. The molecule has 2 heterocycles. The molecule has 1 N–H and O–H groups in total. The van der Waals surface area contributed by atoms with E-state index >= 15 is 0 Å². The van der Waals surface area contributed by atoms with Gasteiger partial charge in [-0.25, -0.2) is 0 Å². The van der Waals surface area contributed by atoms with Gasteiger partial charge in [0.15, 0.2) is 11.5 Å². The normalized spacial score (nSPS) is 13.1. The lowest BCUT2D eigenvalue weighted by atomic mass is 10.2. The Morgan fingerprint density at radius 2 is 2.05 bits per heavy atom. The van der Waals surface area contributed by atoms with E-state index in [-0.39, 0.29) is 5.91 Å². The first-order valence-electron chi connectivity index (χ1n) is 7.07. The summed E-state index contributed by atoms with van der Waals surface area (Å²) in [6, 6.07) is 11.2. The summed E-state index contributed by atoms with van der Waals surface area (Å²) < 4.78 is 11.0. The number of fused-ring (bicyclic) bond motifs is 1. The maximum Gasteiger partial charge on any atom is 0.244 e. The third-order valence-electron chi connectivity index (χ3n) is 3.16. The first-order valence-corrected chi connectivity index (χ1v) is 7.07. The first-order chi connectivity index (χ1) is 10.8. The zero-order chi connectivity index (χ0) is 15.2. The van der Waals surface area contributed by atoms with Crippen LogP contribution in [0.1, 0.15) is 11.3 Å². The number of pyridine rings is 1. The lowest BCUT2D eigenvalue weighted by molar-refractivity contribution is -0.116. The molecule has 112 valence electrons. The molecule has 0 atom stereocenters. The number of ether oxygens (including phenoxy) is 2. The maximum atomic E-state index is 11.8. The molecule has 0 aliphatic carbocycles. The summed E-state index contributed by atoms with van der Waals surface area (Å²) in [5, 5.41) is 2.79. The lowest BCUT2D eigenvalue weighted by Crippen LogP contribution is -2.20. The third kappa shape index (κ3) is 3.63. The highest BCUT2D eigenvalue weighted by atomic mass is 16.6. The van der Waals surface area contributed by atoms with Crippen molar-refractivity contribution in [3.63, 3.8) is 0 Å². The number of nitrogens with zero attached hydrogens (tertiary/aromatic N) is 1. The Kier molecular flexibility index (Phi) is 4.34. The number of carbonyl (C=O) groups is 1. The van der Waals surface area contributed by atoms with Gasteiger partial charge in [0.25, 0.3) is 0 Å². The molecular formula is C17H16N2O3. The van der Waals surface area contributed by atoms with Crippen LogP contribution in [0.4, 0.5) is 0 Å². The van der Waals surface area contributed by atoms with Gasteiger partial charge in [0.1, 0.15) is 13.2 Å². The molecule has 22 heavy (non-hydrogen) atoms. The Balaban J connectivity index is 1.58. The first kappa shape index (κ1) is 14.1. The number of benzene rings is 1. The van der Waals surface area contributed by atoms with Crippen molar-refractivity contribution in [3.05, 3.63) is 59.9 Å². The molecule has 1 aromatic carbocycles. The Bertz CT molecular complexity index is 684. The number of amides is 1. The molecule has 1 aliphatic heterocycles. The van der Waals surface area contributed by atoms with Crippen molar-refractivity contribution >= 4 is 12.0 Å². The average Bonchev–Trinajstić information content (AvgIpc) is 2.59. The maximum absolute atomic E-state index is 11.8. The van der Waals surface area contributed by atoms with Crippen LogP contribution >= 0.6 is 0 Å². The van der Waals surface area contributed by atoms with Gasteiger partial charge in [-0.05, 0) is 35.9 Å². The largest absolute Gasteiger partial charge is 0.486 e. The summed E-state index contributed by atoms with van der Waals surface area (Å²) in [4.78, 5) is 15.9. The van der Waals surface area contributed by atoms with Crippen molar-refractivity contribution in [2.24, 2.45) is 0 Å². The van der Waals surface area contributed by atoms with Crippen LogP contribution in [0.3, 0.4) is 0 Å². The standard InChI is InChI=1S/C17H16N2O3/c20-17(19-12-14-3-1-2-8-18-14)7-5-13-4-6-15-16(11-13)22-10-9-21-15/h1-8,11H,9-10,12H2,(H,19,20)/b7-5+. The summed E-state index contributed by atoms with van der Waals surface area (Å²) in [5.74, 6) is 1.28. The quantitative estimate of drug-likeness (QED) is 0.879. The molecular weight excluding hydrogens is 280 g/mol. The van der Waals surface area contributed by atoms with Crippen molar-refractivity contribution in [2.75, 3.05) is 13.2 Å². The van der Waals surface area contributed by atoms with E-state index in [4.69, 9.17) is 9.47 Å². The summed E-state index contributed by atoms with van der Waals surface area (Å²) in [5.41, 5.74) is 1.71. The molecule has 2 aromatic rings. The number of aromatic nitrogens is 1. The van der Waals surface area contributed by atoms with E-state index in [1.807, 2.05) is 36.4 Å². The monoisotopic (exact) mass is 296 g/mol. The summed E-state index contributed by atoms with van der Waals surface area (Å²) >= 11 is 0. The van der Waals surface area contributed by atoms with E-state index in [2.05, 4.69) is 10.3 Å². The number of hydrogen-bond acceptors (Lipinski definition) is 4. The highest BCUT2D eigenvalue weighted by Crippen LogP contribution is 2.30. The van der Waals surface area contributed by atoms with Crippen molar-refractivity contribution in [3.8, 4) is 11.5 Å². The molecule has 0 radical (unpaired) electrons. The second kappa shape index (κ2) is 6.76. The third-order valence-corrected chi connectivity index (χ3v) is 3.16. The number of hydrogen-bond donors (Lipinski definition) is 1. The molecule has 0 spiro atoms. The van der Waals surface area contributed by atoms with Crippen LogP contribution in [0.2, 0.25) is 0 Å². The molecule has 0 saturated carbocycles. The Labute approximate surface area is 128 Å². The minimum Gasteiger partial charge on any atom is -0.486 e. The zero-order valence-electron chi connectivity index (χ0n) is 12.0. The summed E-state index contributed by atoms with van der Waals surface area (Å²) in [6.45, 7) is 1.52. The molecule has 5 heteroatoms. The van der Waals surface area contributed by atoms with E-state index < -0.39 is 0 Å². The van der Waals surface area contributed by atoms with E-state index in [1.165, 1.54) is 6.08 Å². The average molecular weight is 296 g/mol. The van der Waals surface area contributed by atoms with Gasteiger partial charge in [0, 0.05) is 12.3 Å². The van der Waals surface area contributed by atoms with Crippen LogP contribution in [-0.4, -0.2) is 24.1 Å². The summed E-state index contributed by atoms with van der Waals surface area (Å²) in [7, 11) is 0. The minimum atomic E-state index is -0.166. The van der Waals surface area contributed by atoms with Gasteiger partial charge in [-0.2, -0.15) is 0 Å². The second-order valence-corrected chi connectivity index (χ2v) is 4.78. The molecule has 1 amide bonds. The second-order valence-electron chi connectivity index (χ2n) is 4.78. The molecule has 1 aliphatic rings. The van der Waals surface area contributed by atoms with E-state index in [0.717, 1.165) is 17.0 Å². The number of nitrogens with one attached hydrogen (secondary N) is 1. The van der Waals surface area contributed by atoms with E-state index in [1.54, 1.807) is 12.3 Å². The zero-order valence-corrected chi connectivity index (χ0v) is 12.0. The van der Waals surface area contributed by atoms with Gasteiger partial charge in [-0.1, -0.05) is 12.1 Å². The van der Waals surface area contributed by atoms with E-state index in [0.29, 0.717) is 25.5 Å². The minimum absolute atomic E-state index is 0.166. The molecule has 1 aromatic heterocycles. The number of rotatable bonds is 4. The molecule has 0 bridgehead atoms. The SMILES string of the molecule is O=C(/C=C/c1ccc2c(c1)OCCO2)NCc1ccccn1. The summed E-state index contributed by atoms with van der Waals surface area (Å²) in [6.07, 6.45) is 4.94. The smallest absolute Gasteiger partial charge is 0.244 e. The fourth-order valence-corrected chi connectivity index (χ4v) is 2.07. The van der Waals surface area contributed by atoms with Crippen LogP contribution < -0.4 is 14.8 Å². The lowest BCUT2D eigenvalue weighted by Gasteiger charge is -2.18. The van der Waals surface area contributed by atoms with Crippen LogP contribution in [0.15, 0.2) is 48.7 Å². The van der Waals surface area contributed by atoms with Crippen LogP contribution in [0.25, 0.3) is 6.08 Å². The molecule has 5 nitrogen and oxygen atoms in total.